The first-order chi connectivity index (χ1) is 9.92. The summed E-state index contributed by atoms with van der Waals surface area (Å²) in [6, 6.07) is 7.55. The Hall–Kier alpha value is -1.47. The number of phenols is 1. The van der Waals surface area contributed by atoms with Gasteiger partial charge < -0.3 is 5.11 Å². The van der Waals surface area contributed by atoms with Crippen LogP contribution in [-0.2, 0) is 0 Å². The van der Waals surface area contributed by atoms with Crippen molar-refractivity contribution in [3.63, 3.8) is 0 Å². The van der Waals surface area contributed by atoms with E-state index in [1.165, 1.54) is 12.1 Å². The van der Waals surface area contributed by atoms with Gasteiger partial charge in [-0.3, -0.25) is 0 Å². The van der Waals surface area contributed by atoms with Crippen LogP contribution in [0.3, 0.4) is 0 Å². The lowest BCUT2D eigenvalue weighted by molar-refractivity contribution is 0.462. The SMILES string of the molecule is CCC(Pc1ccc(F)cc1F)c1cc(C)cc(C)c1O. The van der Waals surface area contributed by atoms with Gasteiger partial charge in [-0.15, -0.1) is 0 Å². The molecule has 1 N–H and O–H groups in total. The first-order valence-corrected chi connectivity index (χ1v) is 8.01. The van der Waals surface area contributed by atoms with Crippen LogP contribution in [0.2, 0.25) is 0 Å². The molecule has 1 nitrogen and oxygen atoms in total. The zero-order chi connectivity index (χ0) is 15.6. The molecule has 2 atom stereocenters. The number of rotatable bonds is 4. The molecule has 4 heteroatoms. The van der Waals surface area contributed by atoms with Crippen molar-refractivity contribution in [2.75, 3.05) is 0 Å². The van der Waals surface area contributed by atoms with E-state index < -0.39 is 11.6 Å². The van der Waals surface area contributed by atoms with Crippen molar-refractivity contribution >= 4 is 13.9 Å². The predicted molar refractivity (Wildman–Crippen MR) is 84.9 cm³/mol. The van der Waals surface area contributed by atoms with E-state index in [0.717, 1.165) is 29.2 Å². The molecular weight excluding hydrogens is 289 g/mol. The number of benzene rings is 2. The highest BCUT2D eigenvalue weighted by Gasteiger charge is 2.18. The second-order valence-corrected chi connectivity index (χ2v) is 6.77. The second-order valence-electron chi connectivity index (χ2n) is 5.25. The molecule has 0 amide bonds. The molecular formula is C17H19F2OP. The lowest BCUT2D eigenvalue weighted by Crippen LogP contribution is -2.06. The molecule has 0 saturated carbocycles. The van der Waals surface area contributed by atoms with Gasteiger partial charge in [0.2, 0.25) is 0 Å². The highest BCUT2D eigenvalue weighted by molar-refractivity contribution is 7.47. The van der Waals surface area contributed by atoms with Crippen LogP contribution < -0.4 is 5.30 Å². The number of aryl methyl sites for hydroxylation is 2. The van der Waals surface area contributed by atoms with Crippen molar-refractivity contribution in [1.29, 1.82) is 0 Å². The second kappa shape index (κ2) is 6.53. The monoisotopic (exact) mass is 308 g/mol. The van der Waals surface area contributed by atoms with Gasteiger partial charge in [0.1, 0.15) is 17.4 Å². The van der Waals surface area contributed by atoms with Crippen LogP contribution in [-0.4, -0.2) is 5.11 Å². The lowest BCUT2D eigenvalue weighted by atomic mass is 10.0. The fourth-order valence-electron chi connectivity index (χ4n) is 2.45. The summed E-state index contributed by atoms with van der Waals surface area (Å²) in [6.07, 6.45) is 0.783. The molecule has 0 aliphatic rings. The molecule has 2 unspecified atom stereocenters. The normalized spacial score (nSPS) is 13.0. The average molecular weight is 308 g/mol. The van der Waals surface area contributed by atoms with Gasteiger partial charge in [-0.1, -0.05) is 33.2 Å². The smallest absolute Gasteiger partial charge is 0.133 e. The first kappa shape index (κ1) is 15.9. The van der Waals surface area contributed by atoms with E-state index in [1.807, 2.05) is 32.9 Å². The van der Waals surface area contributed by atoms with Gasteiger partial charge in [0, 0.05) is 22.6 Å². The quantitative estimate of drug-likeness (QED) is 0.809. The number of hydrogen-bond acceptors (Lipinski definition) is 1. The van der Waals surface area contributed by atoms with Gasteiger partial charge in [0.25, 0.3) is 0 Å². The van der Waals surface area contributed by atoms with Crippen LogP contribution in [0.25, 0.3) is 0 Å². The van der Waals surface area contributed by atoms with Crippen LogP contribution in [0.4, 0.5) is 8.78 Å². The summed E-state index contributed by atoms with van der Waals surface area (Å²) in [6.45, 7) is 5.85. The summed E-state index contributed by atoms with van der Waals surface area (Å²) in [5.41, 5.74) is 2.77. The minimum atomic E-state index is -0.566. The number of phenolic OH excluding ortho intramolecular Hbond substituents is 1. The van der Waals surface area contributed by atoms with E-state index in [-0.39, 0.29) is 20.0 Å². The topological polar surface area (TPSA) is 20.2 Å². The van der Waals surface area contributed by atoms with Gasteiger partial charge in [-0.25, -0.2) is 8.78 Å². The van der Waals surface area contributed by atoms with E-state index in [0.29, 0.717) is 5.30 Å². The minimum Gasteiger partial charge on any atom is -0.507 e. The van der Waals surface area contributed by atoms with Crippen molar-refractivity contribution in [3.05, 3.63) is 58.7 Å². The Balaban J connectivity index is 2.36. The van der Waals surface area contributed by atoms with Gasteiger partial charge >= 0.3 is 0 Å². The first-order valence-electron chi connectivity index (χ1n) is 6.94. The molecule has 0 radical (unpaired) electrons. The molecule has 0 aliphatic heterocycles. The fourth-order valence-corrected chi connectivity index (χ4v) is 3.80. The fraction of sp³-hybridized carbons (Fsp3) is 0.294. The van der Waals surface area contributed by atoms with Crippen molar-refractivity contribution in [2.24, 2.45) is 0 Å². The molecule has 0 aliphatic carbocycles. The van der Waals surface area contributed by atoms with Crippen LogP contribution in [0.5, 0.6) is 5.75 Å². The third kappa shape index (κ3) is 3.59. The Morgan fingerprint density at radius 1 is 1.14 bits per heavy atom. The Morgan fingerprint density at radius 3 is 2.48 bits per heavy atom. The average Bonchev–Trinajstić information content (AvgIpc) is 2.42. The van der Waals surface area contributed by atoms with Crippen molar-refractivity contribution < 1.29 is 13.9 Å². The van der Waals surface area contributed by atoms with E-state index >= 15 is 0 Å². The van der Waals surface area contributed by atoms with E-state index in [2.05, 4.69) is 0 Å². The predicted octanol–water partition coefficient (Wildman–Crippen LogP) is 4.74. The van der Waals surface area contributed by atoms with Gasteiger partial charge in [-0.2, -0.15) is 0 Å². The van der Waals surface area contributed by atoms with Crippen molar-refractivity contribution in [1.82, 2.24) is 0 Å². The standard InChI is InChI=1S/C17H19F2OP/c1-4-15(13-8-10(2)7-11(3)17(13)20)21-16-6-5-12(18)9-14(16)19/h5-9,15,20-21H,4H2,1-3H3. The van der Waals surface area contributed by atoms with Crippen LogP contribution in [0, 0.1) is 25.5 Å². The van der Waals surface area contributed by atoms with Gasteiger partial charge in [0.15, 0.2) is 0 Å². The zero-order valence-corrected chi connectivity index (χ0v) is 13.4. The molecule has 0 fully saturated rings. The Labute approximate surface area is 125 Å². The summed E-state index contributed by atoms with van der Waals surface area (Å²) in [4.78, 5) is 0. The maximum atomic E-state index is 13.8. The molecule has 2 rings (SSSR count). The summed E-state index contributed by atoms with van der Waals surface area (Å²) in [7, 11) is 0.156. The molecule has 21 heavy (non-hydrogen) atoms. The largest absolute Gasteiger partial charge is 0.507 e. The third-order valence-corrected chi connectivity index (χ3v) is 5.30. The van der Waals surface area contributed by atoms with E-state index in [1.54, 1.807) is 0 Å². The van der Waals surface area contributed by atoms with E-state index in [4.69, 9.17) is 0 Å². The Morgan fingerprint density at radius 2 is 1.86 bits per heavy atom. The summed E-state index contributed by atoms with van der Waals surface area (Å²) >= 11 is 0. The maximum absolute atomic E-state index is 13.8. The van der Waals surface area contributed by atoms with Crippen LogP contribution >= 0.6 is 8.58 Å². The van der Waals surface area contributed by atoms with Crippen LogP contribution in [0.1, 0.15) is 35.7 Å². The Bertz CT molecular complexity index is 655. The molecule has 0 aromatic heterocycles. The third-order valence-electron chi connectivity index (χ3n) is 3.52. The van der Waals surface area contributed by atoms with E-state index in [9.17, 15) is 13.9 Å². The molecule has 0 heterocycles. The summed E-state index contributed by atoms with van der Waals surface area (Å²) < 4.78 is 26.8. The highest BCUT2D eigenvalue weighted by atomic mass is 31.1. The molecule has 0 bridgehead atoms. The molecule has 2 aromatic rings. The summed E-state index contributed by atoms with van der Waals surface area (Å²) in [5.74, 6) is -0.804. The van der Waals surface area contributed by atoms with Crippen molar-refractivity contribution in [3.8, 4) is 5.75 Å². The summed E-state index contributed by atoms with van der Waals surface area (Å²) in [5, 5.41) is 10.8. The number of halogens is 2. The highest BCUT2D eigenvalue weighted by Crippen LogP contribution is 2.42. The van der Waals surface area contributed by atoms with Crippen molar-refractivity contribution in [2.45, 2.75) is 32.9 Å². The molecule has 0 spiro atoms. The minimum absolute atomic E-state index is 0.0311. The Kier molecular flexibility index (Phi) is 4.95. The molecule has 2 aromatic carbocycles. The van der Waals surface area contributed by atoms with Crippen LogP contribution in [0.15, 0.2) is 30.3 Å². The van der Waals surface area contributed by atoms with Gasteiger partial charge in [-0.05, 0) is 38.0 Å². The lowest BCUT2D eigenvalue weighted by Gasteiger charge is -2.19. The zero-order valence-electron chi connectivity index (χ0n) is 12.4. The van der Waals surface area contributed by atoms with Gasteiger partial charge in [0.05, 0.1) is 0 Å². The number of hydrogen-bond donors (Lipinski definition) is 1. The number of aromatic hydroxyl groups is 1. The maximum Gasteiger partial charge on any atom is 0.133 e. The molecule has 0 saturated heterocycles. The molecule has 112 valence electrons.